The third-order valence-corrected chi connectivity index (χ3v) is 6.13. The molecular formula is C25H19BrN2O2. The summed E-state index contributed by atoms with van der Waals surface area (Å²) in [5, 5.41) is 0. The van der Waals surface area contributed by atoms with Crippen molar-refractivity contribution in [3.63, 3.8) is 0 Å². The second-order valence-electron chi connectivity index (χ2n) is 7.46. The van der Waals surface area contributed by atoms with Gasteiger partial charge in [-0.15, -0.1) is 0 Å². The molecule has 0 bridgehead atoms. The van der Waals surface area contributed by atoms with Gasteiger partial charge >= 0.3 is 0 Å². The van der Waals surface area contributed by atoms with Crippen LogP contribution in [0.15, 0.2) is 89.0 Å². The van der Waals surface area contributed by atoms with Crippen LogP contribution in [-0.4, -0.2) is 23.3 Å². The SMILES string of the molecule is O=C1C(c2ccccc2)=C(N2CCc3ccccc3C2)C(=O)N1c1cccc(Br)c1. The smallest absolute Gasteiger partial charge is 0.282 e. The molecule has 148 valence electrons. The summed E-state index contributed by atoms with van der Waals surface area (Å²) in [4.78, 5) is 30.5. The van der Waals surface area contributed by atoms with Gasteiger partial charge in [-0.1, -0.05) is 76.6 Å². The monoisotopic (exact) mass is 458 g/mol. The Morgan fingerprint density at radius 1 is 0.767 bits per heavy atom. The molecule has 2 aliphatic rings. The molecule has 0 aromatic heterocycles. The van der Waals surface area contributed by atoms with Crippen molar-refractivity contribution in [1.82, 2.24) is 4.90 Å². The lowest BCUT2D eigenvalue weighted by molar-refractivity contribution is -0.120. The quantitative estimate of drug-likeness (QED) is 0.529. The van der Waals surface area contributed by atoms with Crippen LogP contribution in [-0.2, 0) is 22.6 Å². The van der Waals surface area contributed by atoms with Gasteiger partial charge in [0.2, 0.25) is 0 Å². The fraction of sp³-hybridized carbons (Fsp3) is 0.120. The molecule has 2 amide bonds. The standard InChI is InChI=1S/C25H19BrN2O2/c26-20-11-6-12-21(15-20)28-24(29)22(18-8-2-1-3-9-18)23(25(28)30)27-14-13-17-7-4-5-10-19(17)16-27/h1-12,15H,13-14,16H2. The Kier molecular flexibility index (Phi) is 4.75. The molecular weight excluding hydrogens is 440 g/mol. The molecule has 0 unspecified atom stereocenters. The van der Waals surface area contributed by atoms with E-state index >= 15 is 0 Å². The van der Waals surface area contributed by atoms with E-state index in [4.69, 9.17) is 0 Å². The molecule has 0 saturated heterocycles. The molecule has 5 rings (SSSR count). The summed E-state index contributed by atoms with van der Waals surface area (Å²) >= 11 is 3.45. The van der Waals surface area contributed by atoms with E-state index in [1.54, 1.807) is 12.1 Å². The van der Waals surface area contributed by atoms with Gasteiger partial charge in [0, 0.05) is 17.6 Å². The number of amides is 2. The van der Waals surface area contributed by atoms with Crippen LogP contribution >= 0.6 is 15.9 Å². The highest BCUT2D eigenvalue weighted by Gasteiger charge is 2.43. The predicted octanol–water partition coefficient (Wildman–Crippen LogP) is 4.79. The van der Waals surface area contributed by atoms with E-state index in [0.717, 1.165) is 16.5 Å². The summed E-state index contributed by atoms with van der Waals surface area (Å²) in [5.74, 6) is -0.547. The number of anilines is 1. The van der Waals surface area contributed by atoms with Gasteiger partial charge in [0.25, 0.3) is 11.8 Å². The molecule has 5 heteroatoms. The second kappa shape index (κ2) is 7.58. The zero-order chi connectivity index (χ0) is 20.7. The molecule has 0 atom stereocenters. The molecule has 30 heavy (non-hydrogen) atoms. The van der Waals surface area contributed by atoms with E-state index in [-0.39, 0.29) is 11.8 Å². The van der Waals surface area contributed by atoms with Crippen molar-refractivity contribution in [3.8, 4) is 0 Å². The summed E-state index contributed by atoms with van der Waals surface area (Å²) in [7, 11) is 0. The number of fused-ring (bicyclic) bond motifs is 1. The Bertz CT molecular complexity index is 1190. The Morgan fingerprint density at radius 3 is 2.27 bits per heavy atom. The Labute approximate surface area is 183 Å². The normalized spacial score (nSPS) is 16.3. The lowest BCUT2D eigenvalue weighted by Crippen LogP contribution is -2.37. The molecule has 0 fully saturated rings. The number of nitrogens with zero attached hydrogens (tertiary/aromatic N) is 2. The predicted molar refractivity (Wildman–Crippen MR) is 121 cm³/mol. The van der Waals surface area contributed by atoms with Crippen LogP contribution in [0.1, 0.15) is 16.7 Å². The van der Waals surface area contributed by atoms with Crippen LogP contribution in [0.25, 0.3) is 5.57 Å². The van der Waals surface area contributed by atoms with E-state index < -0.39 is 0 Å². The van der Waals surface area contributed by atoms with Crippen molar-refractivity contribution < 1.29 is 9.59 Å². The third kappa shape index (κ3) is 3.15. The van der Waals surface area contributed by atoms with Crippen molar-refractivity contribution >= 4 is 39.0 Å². The second-order valence-corrected chi connectivity index (χ2v) is 8.37. The number of hydrogen-bond acceptors (Lipinski definition) is 3. The van der Waals surface area contributed by atoms with E-state index in [9.17, 15) is 9.59 Å². The Balaban J connectivity index is 1.62. The summed E-state index contributed by atoms with van der Waals surface area (Å²) < 4.78 is 0.821. The summed E-state index contributed by atoms with van der Waals surface area (Å²) in [5.41, 5.74) is 4.80. The van der Waals surface area contributed by atoms with Gasteiger partial charge in [-0.3, -0.25) is 9.59 Å². The maximum Gasteiger partial charge on any atom is 0.282 e. The average molecular weight is 459 g/mol. The lowest BCUT2D eigenvalue weighted by atomic mass is 9.98. The highest BCUT2D eigenvalue weighted by molar-refractivity contribution is 9.10. The Morgan fingerprint density at radius 2 is 1.50 bits per heavy atom. The van der Waals surface area contributed by atoms with E-state index in [0.29, 0.717) is 30.0 Å². The summed E-state index contributed by atoms with van der Waals surface area (Å²) in [6.45, 7) is 1.32. The largest absolute Gasteiger partial charge is 0.362 e. The molecule has 0 N–H and O–H groups in total. The fourth-order valence-corrected chi connectivity index (χ4v) is 4.60. The molecule has 3 aromatic carbocycles. The number of carbonyl (C=O) groups excluding carboxylic acids is 2. The summed E-state index contributed by atoms with van der Waals surface area (Å²) in [6.07, 6.45) is 0.847. The lowest BCUT2D eigenvalue weighted by Gasteiger charge is -2.31. The maximum atomic E-state index is 13.6. The van der Waals surface area contributed by atoms with Crippen molar-refractivity contribution in [1.29, 1.82) is 0 Å². The van der Waals surface area contributed by atoms with Gasteiger partial charge in [0.05, 0.1) is 11.3 Å². The van der Waals surface area contributed by atoms with Gasteiger partial charge in [-0.25, -0.2) is 4.90 Å². The van der Waals surface area contributed by atoms with E-state index in [1.807, 2.05) is 54.6 Å². The molecule has 0 radical (unpaired) electrons. The maximum absolute atomic E-state index is 13.6. The first-order valence-corrected chi connectivity index (χ1v) is 10.7. The topological polar surface area (TPSA) is 40.6 Å². The van der Waals surface area contributed by atoms with Crippen LogP contribution in [0.4, 0.5) is 5.69 Å². The van der Waals surface area contributed by atoms with Gasteiger partial charge in [0.15, 0.2) is 0 Å². The van der Waals surface area contributed by atoms with Crippen LogP contribution in [0.2, 0.25) is 0 Å². The number of halogens is 1. The number of imide groups is 1. The number of hydrogen-bond donors (Lipinski definition) is 0. The van der Waals surface area contributed by atoms with Crippen LogP contribution in [0, 0.1) is 0 Å². The van der Waals surface area contributed by atoms with Gasteiger partial charge < -0.3 is 4.90 Å². The van der Waals surface area contributed by atoms with Gasteiger partial charge in [-0.05, 0) is 41.3 Å². The third-order valence-electron chi connectivity index (χ3n) is 5.64. The minimum Gasteiger partial charge on any atom is -0.362 e. The molecule has 2 heterocycles. The minimum absolute atomic E-state index is 0.267. The van der Waals surface area contributed by atoms with Crippen molar-refractivity contribution in [2.45, 2.75) is 13.0 Å². The van der Waals surface area contributed by atoms with E-state index in [2.05, 4.69) is 33.0 Å². The van der Waals surface area contributed by atoms with E-state index in [1.165, 1.54) is 16.0 Å². The first-order valence-electron chi connectivity index (χ1n) is 9.89. The highest BCUT2D eigenvalue weighted by Crippen LogP contribution is 2.37. The zero-order valence-corrected chi connectivity index (χ0v) is 17.8. The number of benzene rings is 3. The summed E-state index contributed by atoms with van der Waals surface area (Å²) in [6, 6.07) is 25.1. The van der Waals surface area contributed by atoms with Crippen molar-refractivity contribution in [2.75, 3.05) is 11.4 Å². The molecule has 0 saturated carbocycles. The molecule has 2 aliphatic heterocycles. The molecule has 0 aliphatic carbocycles. The average Bonchev–Trinajstić information content (AvgIpc) is 3.04. The van der Waals surface area contributed by atoms with Crippen LogP contribution in [0.5, 0.6) is 0 Å². The van der Waals surface area contributed by atoms with Crippen molar-refractivity contribution in [2.24, 2.45) is 0 Å². The molecule has 4 nitrogen and oxygen atoms in total. The molecule has 3 aromatic rings. The number of rotatable bonds is 3. The zero-order valence-electron chi connectivity index (χ0n) is 16.2. The highest BCUT2D eigenvalue weighted by atomic mass is 79.9. The minimum atomic E-state index is -0.279. The van der Waals surface area contributed by atoms with Gasteiger partial charge in [-0.2, -0.15) is 0 Å². The van der Waals surface area contributed by atoms with Crippen LogP contribution in [0.3, 0.4) is 0 Å². The number of carbonyl (C=O) groups is 2. The fourth-order valence-electron chi connectivity index (χ4n) is 4.21. The first kappa shape index (κ1) is 18.8. The van der Waals surface area contributed by atoms with Crippen LogP contribution < -0.4 is 4.90 Å². The first-order chi connectivity index (χ1) is 14.6. The Hall–Kier alpha value is -3.18. The molecule has 0 spiro atoms. The van der Waals surface area contributed by atoms with Gasteiger partial charge in [0.1, 0.15) is 5.70 Å². The van der Waals surface area contributed by atoms with Crippen molar-refractivity contribution in [3.05, 3.63) is 106 Å².